The van der Waals surface area contributed by atoms with Crippen LogP contribution in [0.25, 0.3) is 0 Å². The normalized spacial score (nSPS) is 21.1. The van der Waals surface area contributed by atoms with E-state index in [4.69, 9.17) is 9.84 Å². The van der Waals surface area contributed by atoms with Crippen molar-refractivity contribution in [3.05, 3.63) is 0 Å². The molecule has 2 atom stereocenters. The van der Waals surface area contributed by atoms with Gasteiger partial charge in [0.1, 0.15) is 0 Å². The van der Waals surface area contributed by atoms with Crippen molar-refractivity contribution in [3.63, 3.8) is 0 Å². The first-order valence-corrected chi connectivity index (χ1v) is 7.69. The first-order chi connectivity index (χ1) is 8.78. The molecule has 0 unspecified atom stereocenters. The van der Waals surface area contributed by atoms with Gasteiger partial charge in [-0.2, -0.15) is 0 Å². The maximum Gasteiger partial charge on any atom is 0.206 e. The summed E-state index contributed by atoms with van der Waals surface area (Å²) in [5, 5.41) is 29.9. The smallest absolute Gasteiger partial charge is 0.206 e. The largest absolute Gasteiger partial charge is 0.394 e. The molecule has 6 nitrogen and oxygen atoms in total. The number of nitrogens with one attached hydrogen (secondary N) is 1. The van der Waals surface area contributed by atoms with Crippen molar-refractivity contribution in [3.8, 4) is 0 Å². The Hall–Kier alpha value is -0.410. The average Bonchev–Trinajstić information content (AvgIpc) is 3.04. The highest BCUT2D eigenvalue weighted by Crippen LogP contribution is 2.26. The molecule has 8 heteroatoms. The minimum absolute atomic E-state index is 0.226. The van der Waals surface area contributed by atoms with E-state index in [1.54, 1.807) is 0 Å². The molecule has 0 aliphatic carbocycles. The van der Waals surface area contributed by atoms with Gasteiger partial charge >= 0.3 is 0 Å². The van der Waals surface area contributed by atoms with Gasteiger partial charge in [-0.05, 0) is 12.8 Å². The van der Waals surface area contributed by atoms with Crippen LogP contribution in [0.15, 0.2) is 4.34 Å². The third-order valence-corrected chi connectivity index (χ3v) is 4.68. The third kappa shape index (κ3) is 4.36. The summed E-state index contributed by atoms with van der Waals surface area (Å²) in [6.07, 6.45) is 1.79. The van der Waals surface area contributed by atoms with E-state index in [2.05, 4.69) is 15.5 Å². The van der Waals surface area contributed by atoms with Crippen LogP contribution in [0, 0.1) is 0 Å². The molecule has 0 bridgehead atoms. The van der Waals surface area contributed by atoms with Crippen LogP contribution in [0.5, 0.6) is 0 Å². The predicted octanol–water partition coefficient (Wildman–Crippen LogP) is 0.574. The number of anilines is 1. The van der Waals surface area contributed by atoms with Crippen molar-refractivity contribution in [2.24, 2.45) is 0 Å². The first kappa shape index (κ1) is 14.0. The van der Waals surface area contributed by atoms with Crippen LogP contribution in [-0.4, -0.2) is 58.1 Å². The van der Waals surface area contributed by atoms with Gasteiger partial charge in [0.15, 0.2) is 4.34 Å². The fourth-order valence-electron chi connectivity index (χ4n) is 1.57. The number of thioether (sulfide) groups is 1. The summed E-state index contributed by atoms with van der Waals surface area (Å²) in [4.78, 5) is 0. The second-order valence-electron chi connectivity index (χ2n) is 4.04. The predicted molar refractivity (Wildman–Crippen MR) is 71.2 cm³/mol. The highest BCUT2D eigenvalue weighted by molar-refractivity contribution is 8.01. The van der Waals surface area contributed by atoms with Gasteiger partial charge in [-0.3, -0.25) is 0 Å². The maximum absolute atomic E-state index is 9.23. The molecule has 1 aliphatic rings. The highest BCUT2D eigenvalue weighted by Gasteiger charge is 2.16. The molecular weight excluding hydrogens is 274 g/mol. The summed E-state index contributed by atoms with van der Waals surface area (Å²) in [6, 6.07) is 0. The number of ether oxygens (including phenoxy) is 1. The Balaban J connectivity index is 1.71. The molecule has 1 aliphatic heterocycles. The fourth-order valence-corrected chi connectivity index (χ4v) is 3.27. The standard InChI is InChI=1S/C10H17N3O3S2/c14-5-7(15)6-17-10-13-12-9(18-10)11-4-8-2-1-3-16-8/h7-8,14-15H,1-6H2,(H,11,12)/t7-,8+/m1/s1. The third-order valence-electron chi connectivity index (χ3n) is 2.52. The Kier molecular flexibility index (Phi) is 5.64. The molecule has 0 radical (unpaired) electrons. The van der Waals surface area contributed by atoms with Gasteiger partial charge in [-0.15, -0.1) is 10.2 Å². The number of hydrogen-bond acceptors (Lipinski definition) is 8. The van der Waals surface area contributed by atoms with E-state index in [-0.39, 0.29) is 12.7 Å². The lowest BCUT2D eigenvalue weighted by atomic mass is 10.2. The van der Waals surface area contributed by atoms with Crippen LogP contribution >= 0.6 is 23.1 Å². The summed E-state index contributed by atoms with van der Waals surface area (Å²) in [5.74, 6) is 0.427. The average molecular weight is 291 g/mol. The van der Waals surface area contributed by atoms with Gasteiger partial charge < -0.3 is 20.3 Å². The summed E-state index contributed by atoms with van der Waals surface area (Å²) in [6.45, 7) is 1.39. The molecule has 1 fully saturated rings. The molecular formula is C10H17N3O3S2. The lowest BCUT2D eigenvalue weighted by Crippen LogP contribution is -2.18. The number of aliphatic hydroxyl groups is 2. The molecule has 1 aromatic heterocycles. The number of hydrogen-bond donors (Lipinski definition) is 3. The molecule has 18 heavy (non-hydrogen) atoms. The van der Waals surface area contributed by atoms with Crippen molar-refractivity contribution in [2.45, 2.75) is 29.4 Å². The van der Waals surface area contributed by atoms with Crippen LogP contribution in [0.2, 0.25) is 0 Å². The van der Waals surface area contributed by atoms with Crippen molar-refractivity contribution in [2.75, 3.05) is 30.8 Å². The Morgan fingerprint density at radius 3 is 3.17 bits per heavy atom. The first-order valence-electron chi connectivity index (χ1n) is 5.88. The molecule has 3 N–H and O–H groups in total. The lowest BCUT2D eigenvalue weighted by Gasteiger charge is -2.08. The summed E-state index contributed by atoms with van der Waals surface area (Å²) in [7, 11) is 0. The van der Waals surface area contributed by atoms with E-state index in [0.717, 1.165) is 35.5 Å². The summed E-state index contributed by atoms with van der Waals surface area (Å²) < 4.78 is 6.29. The van der Waals surface area contributed by atoms with Gasteiger partial charge in [-0.25, -0.2) is 0 Å². The van der Waals surface area contributed by atoms with Gasteiger partial charge in [0.25, 0.3) is 0 Å². The number of nitrogens with zero attached hydrogens (tertiary/aromatic N) is 2. The van der Waals surface area contributed by atoms with Crippen LogP contribution in [-0.2, 0) is 4.74 Å². The Bertz CT molecular complexity index is 358. The molecule has 0 saturated carbocycles. The molecule has 1 aromatic rings. The zero-order valence-electron chi connectivity index (χ0n) is 9.91. The molecule has 102 valence electrons. The Morgan fingerprint density at radius 2 is 2.44 bits per heavy atom. The van der Waals surface area contributed by atoms with Crippen LogP contribution < -0.4 is 5.32 Å². The number of rotatable bonds is 7. The van der Waals surface area contributed by atoms with Gasteiger partial charge in [0, 0.05) is 18.9 Å². The second kappa shape index (κ2) is 7.25. The second-order valence-corrected chi connectivity index (χ2v) is 6.28. The minimum atomic E-state index is -0.706. The van der Waals surface area contributed by atoms with E-state index in [0.29, 0.717) is 5.75 Å². The van der Waals surface area contributed by atoms with Crippen LogP contribution in [0.3, 0.4) is 0 Å². The highest BCUT2D eigenvalue weighted by atomic mass is 32.2. The van der Waals surface area contributed by atoms with E-state index in [9.17, 15) is 5.11 Å². The monoisotopic (exact) mass is 291 g/mol. The molecule has 2 rings (SSSR count). The Morgan fingerprint density at radius 1 is 1.56 bits per heavy atom. The molecule has 1 saturated heterocycles. The Labute approximate surface area is 114 Å². The minimum Gasteiger partial charge on any atom is -0.394 e. The van der Waals surface area contributed by atoms with Crippen molar-refractivity contribution in [1.82, 2.24) is 10.2 Å². The van der Waals surface area contributed by atoms with E-state index >= 15 is 0 Å². The lowest BCUT2D eigenvalue weighted by molar-refractivity contribution is 0.113. The zero-order chi connectivity index (χ0) is 12.8. The fraction of sp³-hybridized carbons (Fsp3) is 0.800. The summed E-state index contributed by atoms with van der Waals surface area (Å²) >= 11 is 2.85. The van der Waals surface area contributed by atoms with Gasteiger partial charge in [0.2, 0.25) is 5.13 Å². The van der Waals surface area contributed by atoms with Crippen molar-refractivity contribution >= 4 is 28.2 Å². The molecule has 2 heterocycles. The SMILES string of the molecule is OC[C@@H](O)CSc1nnc(NC[C@@H]2CCCO2)s1. The van der Waals surface area contributed by atoms with Crippen LogP contribution in [0.4, 0.5) is 5.13 Å². The van der Waals surface area contributed by atoms with Crippen molar-refractivity contribution < 1.29 is 14.9 Å². The summed E-state index contributed by atoms with van der Waals surface area (Å²) in [5.41, 5.74) is 0. The van der Waals surface area contributed by atoms with Crippen LogP contribution in [0.1, 0.15) is 12.8 Å². The van der Waals surface area contributed by atoms with E-state index in [1.807, 2.05) is 0 Å². The number of aromatic nitrogens is 2. The van der Waals surface area contributed by atoms with Gasteiger partial charge in [-0.1, -0.05) is 23.1 Å². The molecule has 0 spiro atoms. The van der Waals surface area contributed by atoms with Crippen molar-refractivity contribution in [1.29, 1.82) is 0 Å². The van der Waals surface area contributed by atoms with Gasteiger partial charge in [0.05, 0.1) is 18.8 Å². The zero-order valence-corrected chi connectivity index (χ0v) is 11.5. The molecule has 0 amide bonds. The quantitative estimate of drug-likeness (QED) is 0.633. The van der Waals surface area contributed by atoms with E-state index in [1.165, 1.54) is 23.1 Å². The number of aliphatic hydroxyl groups excluding tert-OH is 2. The maximum atomic E-state index is 9.23. The molecule has 0 aromatic carbocycles. The topological polar surface area (TPSA) is 87.5 Å². The van der Waals surface area contributed by atoms with E-state index < -0.39 is 6.10 Å².